The number of ether oxygens (including phenoxy) is 1. The topological polar surface area (TPSA) is 78.4 Å². The molecule has 0 heterocycles. The van der Waals surface area contributed by atoms with Crippen LogP contribution in [0.15, 0.2) is 42.5 Å². The molecule has 2 aromatic rings. The summed E-state index contributed by atoms with van der Waals surface area (Å²) in [7, 11) is 0. The van der Waals surface area contributed by atoms with Gasteiger partial charge in [-0.25, -0.2) is 4.39 Å². The smallest absolute Gasteiger partial charge is 0.276 e. The number of nitrogens with zero attached hydrogens (tertiary/aromatic N) is 1. The molecule has 0 aliphatic heterocycles. The van der Waals surface area contributed by atoms with E-state index in [1.165, 1.54) is 18.2 Å². The Morgan fingerprint density at radius 2 is 2.05 bits per heavy atom. The molecule has 0 amide bonds. The van der Waals surface area contributed by atoms with Gasteiger partial charge in [0.15, 0.2) is 11.6 Å². The Bertz CT molecular complexity index is 659. The van der Waals surface area contributed by atoms with Gasteiger partial charge in [0.25, 0.3) is 5.69 Å². The van der Waals surface area contributed by atoms with Crippen molar-refractivity contribution in [3.8, 4) is 5.75 Å². The van der Waals surface area contributed by atoms with Crippen molar-refractivity contribution in [2.75, 3.05) is 0 Å². The Morgan fingerprint density at radius 1 is 1.33 bits per heavy atom. The highest BCUT2D eigenvalue weighted by Gasteiger charge is 2.14. The van der Waals surface area contributed by atoms with Gasteiger partial charge in [-0.3, -0.25) is 10.1 Å². The van der Waals surface area contributed by atoms with Gasteiger partial charge in [-0.05, 0) is 30.7 Å². The summed E-state index contributed by atoms with van der Waals surface area (Å²) in [5.74, 6) is -0.499. The van der Waals surface area contributed by atoms with Crippen molar-refractivity contribution in [2.24, 2.45) is 5.73 Å². The molecule has 0 saturated heterocycles. The van der Waals surface area contributed by atoms with Crippen LogP contribution < -0.4 is 10.5 Å². The van der Waals surface area contributed by atoms with Crippen LogP contribution in [-0.2, 0) is 6.61 Å². The third-order valence-corrected chi connectivity index (χ3v) is 3.05. The van der Waals surface area contributed by atoms with Crippen LogP contribution >= 0.6 is 0 Å². The van der Waals surface area contributed by atoms with Gasteiger partial charge in [0.1, 0.15) is 6.61 Å². The van der Waals surface area contributed by atoms with E-state index in [2.05, 4.69) is 0 Å². The molecular weight excluding hydrogens is 275 g/mol. The quantitative estimate of drug-likeness (QED) is 0.676. The van der Waals surface area contributed by atoms with Crippen molar-refractivity contribution in [3.63, 3.8) is 0 Å². The largest absolute Gasteiger partial charge is 0.486 e. The standard InChI is InChI=1S/C15H15FN2O3/c1-10(17)11-6-7-15(13(16)8-11)21-9-12-4-2-3-5-14(12)18(19)20/h2-8,10H,9,17H2,1H3/t10-/m0/s1. The van der Waals surface area contributed by atoms with Crippen LogP contribution in [0.4, 0.5) is 10.1 Å². The second-order valence-electron chi connectivity index (χ2n) is 4.65. The zero-order valence-corrected chi connectivity index (χ0v) is 11.5. The maximum Gasteiger partial charge on any atom is 0.276 e. The van der Waals surface area contributed by atoms with Crippen LogP contribution in [0.25, 0.3) is 0 Å². The number of hydrogen-bond acceptors (Lipinski definition) is 4. The van der Waals surface area contributed by atoms with Gasteiger partial charge in [0, 0.05) is 12.1 Å². The van der Waals surface area contributed by atoms with Crippen molar-refractivity contribution in [1.29, 1.82) is 0 Å². The molecule has 21 heavy (non-hydrogen) atoms. The van der Waals surface area contributed by atoms with E-state index in [-0.39, 0.29) is 24.1 Å². The van der Waals surface area contributed by atoms with Gasteiger partial charge in [0.05, 0.1) is 10.5 Å². The number of nitro benzene ring substituents is 1. The Kier molecular flexibility index (Phi) is 4.49. The zero-order chi connectivity index (χ0) is 15.4. The second-order valence-corrected chi connectivity index (χ2v) is 4.65. The van der Waals surface area contributed by atoms with E-state index in [1.807, 2.05) is 0 Å². The highest BCUT2D eigenvalue weighted by molar-refractivity contribution is 5.40. The van der Waals surface area contributed by atoms with Crippen LogP contribution in [-0.4, -0.2) is 4.92 Å². The van der Waals surface area contributed by atoms with E-state index in [9.17, 15) is 14.5 Å². The fourth-order valence-corrected chi connectivity index (χ4v) is 1.88. The molecule has 2 aromatic carbocycles. The van der Waals surface area contributed by atoms with Crippen LogP contribution in [0.3, 0.4) is 0 Å². The molecule has 6 heteroatoms. The minimum absolute atomic E-state index is 0.0394. The summed E-state index contributed by atoms with van der Waals surface area (Å²) in [6, 6.07) is 10.4. The Hall–Kier alpha value is -2.47. The van der Waals surface area contributed by atoms with Gasteiger partial charge in [0.2, 0.25) is 0 Å². The van der Waals surface area contributed by atoms with E-state index in [1.54, 1.807) is 31.2 Å². The lowest BCUT2D eigenvalue weighted by Crippen LogP contribution is -2.06. The maximum absolute atomic E-state index is 13.9. The van der Waals surface area contributed by atoms with E-state index in [0.29, 0.717) is 11.1 Å². The third-order valence-electron chi connectivity index (χ3n) is 3.05. The number of nitrogens with two attached hydrogens (primary N) is 1. The van der Waals surface area contributed by atoms with Crippen LogP contribution in [0, 0.1) is 15.9 Å². The molecule has 2 rings (SSSR count). The molecule has 1 atom stereocenters. The monoisotopic (exact) mass is 290 g/mol. The lowest BCUT2D eigenvalue weighted by atomic mass is 10.1. The lowest BCUT2D eigenvalue weighted by molar-refractivity contribution is -0.385. The molecule has 0 fully saturated rings. The highest BCUT2D eigenvalue weighted by atomic mass is 19.1. The second kappa shape index (κ2) is 6.32. The molecule has 0 radical (unpaired) electrons. The number of halogens is 1. The average molecular weight is 290 g/mol. The van der Waals surface area contributed by atoms with Crippen LogP contribution in [0.5, 0.6) is 5.75 Å². The summed E-state index contributed by atoms with van der Waals surface area (Å²) in [6.07, 6.45) is 0. The highest BCUT2D eigenvalue weighted by Crippen LogP contribution is 2.24. The number of hydrogen-bond donors (Lipinski definition) is 1. The fraction of sp³-hybridized carbons (Fsp3) is 0.200. The predicted octanol–water partition coefficient (Wildman–Crippen LogP) is 3.33. The molecule has 5 nitrogen and oxygen atoms in total. The van der Waals surface area contributed by atoms with Crippen molar-refractivity contribution in [3.05, 3.63) is 69.5 Å². The SMILES string of the molecule is C[C@H](N)c1ccc(OCc2ccccc2[N+](=O)[O-])c(F)c1. The Balaban J connectivity index is 2.15. The number of para-hydroxylation sites is 1. The van der Waals surface area contributed by atoms with Crippen LogP contribution in [0.1, 0.15) is 24.1 Å². The number of benzene rings is 2. The first-order valence-electron chi connectivity index (χ1n) is 6.39. The van der Waals surface area contributed by atoms with E-state index >= 15 is 0 Å². The first kappa shape index (κ1) is 14.9. The summed E-state index contributed by atoms with van der Waals surface area (Å²) in [5, 5.41) is 10.9. The van der Waals surface area contributed by atoms with E-state index in [0.717, 1.165) is 0 Å². The predicted molar refractivity (Wildman–Crippen MR) is 76.4 cm³/mol. The van der Waals surface area contributed by atoms with Crippen molar-refractivity contribution < 1.29 is 14.1 Å². The summed E-state index contributed by atoms with van der Waals surface area (Å²) >= 11 is 0. The number of nitro groups is 1. The van der Waals surface area contributed by atoms with Crippen molar-refractivity contribution in [1.82, 2.24) is 0 Å². The Labute approximate surface area is 121 Å². The first-order valence-corrected chi connectivity index (χ1v) is 6.39. The third kappa shape index (κ3) is 3.55. The van der Waals surface area contributed by atoms with Crippen molar-refractivity contribution >= 4 is 5.69 Å². The Morgan fingerprint density at radius 3 is 2.67 bits per heavy atom. The van der Waals surface area contributed by atoms with Gasteiger partial charge in [-0.2, -0.15) is 0 Å². The fourth-order valence-electron chi connectivity index (χ4n) is 1.88. The minimum Gasteiger partial charge on any atom is -0.486 e. The molecule has 0 unspecified atom stereocenters. The molecule has 0 bridgehead atoms. The van der Waals surface area contributed by atoms with Gasteiger partial charge >= 0.3 is 0 Å². The van der Waals surface area contributed by atoms with Gasteiger partial charge < -0.3 is 10.5 Å². The summed E-state index contributed by atoms with van der Waals surface area (Å²) in [4.78, 5) is 10.4. The molecule has 0 aliphatic carbocycles. The lowest BCUT2D eigenvalue weighted by Gasteiger charge is -2.10. The molecule has 2 N–H and O–H groups in total. The maximum atomic E-state index is 13.9. The first-order chi connectivity index (χ1) is 9.99. The number of rotatable bonds is 5. The normalized spacial score (nSPS) is 12.0. The summed E-state index contributed by atoms with van der Waals surface area (Å²) in [5.41, 5.74) is 6.66. The van der Waals surface area contributed by atoms with Gasteiger partial charge in [-0.15, -0.1) is 0 Å². The molecule has 0 aromatic heterocycles. The zero-order valence-electron chi connectivity index (χ0n) is 11.5. The average Bonchev–Trinajstić information content (AvgIpc) is 2.46. The molecule has 0 saturated carbocycles. The molecule has 110 valence electrons. The minimum atomic E-state index is -0.539. The summed E-state index contributed by atoms with van der Waals surface area (Å²) < 4.78 is 19.2. The molecule has 0 aliphatic rings. The van der Waals surface area contributed by atoms with E-state index < -0.39 is 10.7 Å². The molecular formula is C15H15FN2O3. The molecule has 0 spiro atoms. The van der Waals surface area contributed by atoms with E-state index in [4.69, 9.17) is 10.5 Å². The van der Waals surface area contributed by atoms with Crippen LogP contribution in [0.2, 0.25) is 0 Å². The summed E-state index contributed by atoms with van der Waals surface area (Å²) in [6.45, 7) is 1.67. The van der Waals surface area contributed by atoms with Gasteiger partial charge in [-0.1, -0.05) is 18.2 Å². The van der Waals surface area contributed by atoms with Crippen molar-refractivity contribution in [2.45, 2.75) is 19.6 Å².